The van der Waals surface area contributed by atoms with Crippen LogP contribution in [-0.4, -0.2) is 42.1 Å². The van der Waals surface area contributed by atoms with E-state index >= 15 is 0 Å². The molecule has 1 aliphatic carbocycles. The minimum Gasteiger partial charge on any atom is -0.309 e. The van der Waals surface area contributed by atoms with Crippen LogP contribution < -0.4 is 5.32 Å². The van der Waals surface area contributed by atoms with Crippen LogP contribution >= 0.6 is 11.8 Å². The molecule has 2 aliphatic rings. The number of nitrogens with one attached hydrogen (secondary N) is 1. The van der Waals surface area contributed by atoms with Gasteiger partial charge in [0.05, 0.1) is 0 Å². The average Bonchev–Trinajstić information content (AvgIpc) is 3.25. The van der Waals surface area contributed by atoms with E-state index in [0.717, 1.165) is 13.1 Å². The molecule has 104 valence electrons. The zero-order chi connectivity index (χ0) is 13.1. The number of hydrogen-bond donors (Lipinski definition) is 1. The Bertz CT molecular complexity index is 402. The summed E-state index contributed by atoms with van der Waals surface area (Å²) < 4.78 is 0.589. The van der Waals surface area contributed by atoms with Crippen LogP contribution in [0.2, 0.25) is 0 Å². The van der Waals surface area contributed by atoms with E-state index in [1.165, 1.54) is 37.9 Å². The zero-order valence-electron chi connectivity index (χ0n) is 11.8. The van der Waals surface area contributed by atoms with Gasteiger partial charge in [-0.25, -0.2) is 0 Å². The highest BCUT2D eigenvalue weighted by Crippen LogP contribution is 2.47. The van der Waals surface area contributed by atoms with Gasteiger partial charge in [-0.05, 0) is 44.2 Å². The first-order valence-corrected chi connectivity index (χ1v) is 8.60. The molecular formula is C16H24N2S. The molecule has 1 aromatic rings. The topological polar surface area (TPSA) is 15.3 Å². The first kappa shape index (κ1) is 13.5. The van der Waals surface area contributed by atoms with E-state index in [9.17, 15) is 0 Å². The van der Waals surface area contributed by atoms with Gasteiger partial charge in [0.2, 0.25) is 0 Å². The van der Waals surface area contributed by atoms with Crippen molar-refractivity contribution in [3.05, 3.63) is 35.9 Å². The predicted molar refractivity (Wildman–Crippen MR) is 83.7 cm³/mol. The first-order chi connectivity index (χ1) is 9.31. The highest BCUT2D eigenvalue weighted by atomic mass is 32.2. The maximum atomic E-state index is 3.70. The van der Waals surface area contributed by atoms with E-state index < -0.39 is 0 Å². The fraction of sp³-hybridized carbons (Fsp3) is 0.625. The molecule has 2 fully saturated rings. The number of hydrogen-bond acceptors (Lipinski definition) is 3. The van der Waals surface area contributed by atoms with Crippen LogP contribution in [0, 0.1) is 0 Å². The maximum Gasteiger partial charge on any atom is 0.0449 e. The predicted octanol–water partition coefficient (Wildman–Crippen LogP) is 2.92. The summed E-state index contributed by atoms with van der Waals surface area (Å²) in [4.78, 5) is 2.68. The second-order valence-electron chi connectivity index (χ2n) is 5.89. The Kier molecular flexibility index (Phi) is 4.15. The van der Waals surface area contributed by atoms with Crippen LogP contribution in [0.25, 0.3) is 0 Å². The summed E-state index contributed by atoms with van der Waals surface area (Å²) in [6.45, 7) is 4.83. The third kappa shape index (κ3) is 3.33. The number of thioether (sulfide) groups is 1. The summed E-state index contributed by atoms with van der Waals surface area (Å²) in [5.74, 6) is 0. The third-order valence-corrected chi connectivity index (χ3v) is 5.84. The second kappa shape index (κ2) is 5.86. The molecule has 1 unspecified atom stereocenters. The lowest BCUT2D eigenvalue weighted by Crippen LogP contribution is -2.36. The van der Waals surface area contributed by atoms with Crippen LogP contribution in [-0.2, 0) is 0 Å². The van der Waals surface area contributed by atoms with Crippen molar-refractivity contribution in [2.24, 2.45) is 0 Å². The smallest absolute Gasteiger partial charge is 0.0449 e. The van der Waals surface area contributed by atoms with E-state index in [0.29, 0.717) is 10.8 Å². The lowest BCUT2D eigenvalue weighted by atomic mass is 10.1. The highest BCUT2D eigenvalue weighted by molar-refractivity contribution is 8.00. The molecule has 0 aromatic heterocycles. The molecule has 0 radical (unpaired) electrons. The molecular weight excluding hydrogens is 252 g/mol. The molecule has 1 aliphatic heterocycles. The Morgan fingerprint density at radius 1 is 1.32 bits per heavy atom. The maximum absolute atomic E-state index is 3.70. The molecule has 0 amide bonds. The van der Waals surface area contributed by atoms with Crippen LogP contribution in [0.3, 0.4) is 0 Å². The fourth-order valence-electron chi connectivity index (χ4n) is 3.02. The standard InChI is InChI=1S/C16H24N2S/c1-19-16(8-9-16)13-18-11-5-10-17-15(12-18)14-6-3-2-4-7-14/h2-4,6-7,15,17H,5,8-13H2,1H3. The summed E-state index contributed by atoms with van der Waals surface area (Å²) in [6.07, 6.45) is 6.37. The van der Waals surface area contributed by atoms with Gasteiger partial charge in [0.25, 0.3) is 0 Å². The first-order valence-electron chi connectivity index (χ1n) is 7.37. The van der Waals surface area contributed by atoms with Crippen molar-refractivity contribution in [1.29, 1.82) is 0 Å². The Morgan fingerprint density at radius 3 is 2.79 bits per heavy atom. The lowest BCUT2D eigenvalue weighted by Gasteiger charge is -2.28. The Labute approximate surface area is 121 Å². The molecule has 1 heterocycles. The average molecular weight is 276 g/mol. The van der Waals surface area contributed by atoms with E-state index in [1.807, 2.05) is 0 Å². The van der Waals surface area contributed by atoms with Gasteiger partial charge in [-0.3, -0.25) is 0 Å². The molecule has 1 saturated carbocycles. The second-order valence-corrected chi connectivity index (χ2v) is 7.17. The van der Waals surface area contributed by atoms with Gasteiger partial charge in [-0.15, -0.1) is 0 Å². The molecule has 19 heavy (non-hydrogen) atoms. The third-order valence-electron chi connectivity index (χ3n) is 4.44. The molecule has 1 aromatic carbocycles. The van der Waals surface area contributed by atoms with Crippen molar-refractivity contribution in [2.45, 2.75) is 30.1 Å². The van der Waals surface area contributed by atoms with Gasteiger partial charge in [0.15, 0.2) is 0 Å². The number of rotatable bonds is 4. The fourth-order valence-corrected chi connectivity index (χ4v) is 3.84. The van der Waals surface area contributed by atoms with Crippen LogP contribution in [0.15, 0.2) is 30.3 Å². The SMILES string of the molecule is CSC1(CN2CCCNC(c3ccccc3)C2)CC1. The summed E-state index contributed by atoms with van der Waals surface area (Å²) in [7, 11) is 0. The van der Waals surface area contributed by atoms with Crippen molar-refractivity contribution < 1.29 is 0 Å². The molecule has 3 heteroatoms. The van der Waals surface area contributed by atoms with E-state index in [4.69, 9.17) is 0 Å². The van der Waals surface area contributed by atoms with Crippen molar-refractivity contribution in [3.63, 3.8) is 0 Å². The van der Waals surface area contributed by atoms with E-state index in [1.54, 1.807) is 0 Å². The molecule has 3 rings (SSSR count). The van der Waals surface area contributed by atoms with Crippen molar-refractivity contribution >= 4 is 11.8 Å². The zero-order valence-corrected chi connectivity index (χ0v) is 12.6. The normalized spacial score (nSPS) is 26.9. The largest absolute Gasteiger partial charge is 0.309 e. The molecule has 1 saturated heterocycles. The van der Waals surface area contributed by atoms with Crippen molar-refractivity contribution in [1.82, 2.24) is 10.2 Å². The Hall–Kier alpha value is -0.510. The minimum atomic E-state index is 0.501. The van der Waals surface area contributed by atoms with Gasteiger partial charge in [-0.1, -0.05) is 30.3 Å². The summed E-state index contributed by atoms with van der Waals surface area (Å²) >= 11 is 2.07. The van der Waals surface area contributed by atoms with Crippen LogP contribution in [0.4, 0.5) is 0 Å². The summed E-state index contributed by atoms with van der Waals surface area (Å²) in [6, 6.07) is 11.4. The molecule has 1 N–H and O–H groups in total. The van der Waals surface area contributed by atoms with Crippen molar-refractivity contribution in [3.8, 4) is 0 Å². The number of benzene rings is 1. The highest BCUT2D eigenvalue weighted by Gasteiger charge is 2.43. The van der Waals surface area contributed by atoms with E-state index in [2.05, 4.69) is 58.6 Å². The van der Waals surface area contributed by atoms with Crippen molar-refractivity contribution in [2.75, 3.05) is 32.4 Å². The monoisotopic (exact) mass is 276 g/mol. The number of nitrogens with zero attached hydrogens (tertiary/aromatic N) is 1. The van der Waals surface area contributed by atoms with Crippen LogP contribution in [0.1, 0.15) is 30.9 Å². The van der Waals surface area contributed by atoms with Gasteiger partial charge in [0.1, 0.15) is 0 Å². The lowest BCUT2D eigenvalue weighted by molar-refractivity contribution is 0.266. The minimum absolute atomic E-state index is 0.501. The van der Waals surface area contributed by atoms with Crippen LogP contribution in [0.5, 0.6) is 0 Å². The molecule has 0 spiro atoms. The van der Waals surface area contributed by atoms with Gasteiger partial charge < -0.3 is 10.2 Å². The molecule has 1 atom stereocenters. The molecule has 0 bridgehead atoms. The molecule has 2 nitrogen and oxygen atoms in total. The quantitative estimate of drug-likeness (QED) is 0.910. The van der Waals surface area contributed by atoms with E-state index in [-0.39, 0.29) is 0 Å². The van der Waals surface area contributed by atoms with Gasteiger partial charge in [-0.2, -0.15) is 11.8 Å². The Balaban J connectivity index is 1.66. The summed E-state index contributed by atoms with van der Waals surface area (Å²) in [5.41, 5.74) is 1.43. The van der Waals surface area contributed by atoms with Gasteiger partial charge >= 0.3 is 0 Å². The van der Waals surface area contributed by atoms with Gasteiger partial charge in [0, 0.05) is 23.9 Å². The summed E-state index contributed by atoms with van der Waals surface area (Å²) in [5, 5.41) is 3.70. The Morgan fingerprint density at radius 2 is 2.11 bits per heavy atom.